The molecule has 2 aliphatic heterocycles. The molecule has 14 aromatic carbocycles. The molecule has 564 valence electrons. The van der Waals surface area contributed by atoms with Gasteiger partial charge in [-0.05, 0) is 258 Å². The van der Waals surface area contributed by atoms with Gasteiger partial charge in [0.2, 0.25) is 0 Å². The van der Waals surface area contributed by atoms with Gasteiger partial charge in [-0.25, -0.2) is 0 Å². The molecule has 2 unspecified atom stereocenters. The molecule has 1 N–H and O–H groups in total. The molecule has 2 heterocycles. The molecule has 13 heteroatoms. The third kappa shape index (κ3) is 15.0. The SMILES string of the molecule is Cc1ccc(OCc2ccc(-c3ccc(COc4c(C)cc(Oc5c(C)cc(C(C)(C)c6cc(C)c(Oc7cc(C)c(OCc8ccc(-c9ccc(COc%10ccc(O)c(P%11(=O)Oc%12ccccc%12-c%12ccccc%12%11)c%10)cc9)cc8)c(C)c7)c(C)c6)cc5C)cc4C)cc3)cc2)c(P2(=O)Oc3ccccc3-c3ccccc32)c1. The van der Waals surface area contributed by atoms with Crippen molar-refractivity contribution in [2.75, 3.05) is 0 Å². The predicted octanol–water partition coefficient (Wildman–Crippen LogP) is 24.3. The predicted molar refractivity (Wildman–Crippen MR) is 455 cm³/mol. The van der Waals surface area contributed by atoms with Gasteiger partial charge in [-0.3, -0.25) is 9.13 Å². The van der Waals surface area contributed by atoms with Crippen LogP contribution in [-0.4, -0.2) is 5.11 Å². The summed E-state index contributed by atoms with van der Waals surface area (Å²) in [5, 5.41) is 13.0. The molecule has 0 fully saturated rings. The van der Waals surface area contributed by atoms with Gasteiger partial charge >= 0.3 is 14.7 Å². The van der Waals surface area contributed by atoms with E-state index in [0.717, 1.165) is 151 Å². The number of aryl methyl sites for hydroxylation is 9. The van der Waals surface area contributed by atoms with E-state index in [1.165, 1.54) is 17.2 Å². The Bertz CT molecular complexity index is 6010. The molecule has 0 amide bonds. The fraction of sp³-hybridized carbons (Fsp3) is 0.160. The highest BCUT2D eigenvalue weighted by Gasteiger charge is 2.42. The Kier molecular flexibility index (Phi) is 20.4. The van der Waals surface area contributed by atoms with Crippen molar-refractivity contribution < 1.29 is 51.7 Å². The Morgan fingerprint density at radius 2 is 0.655 bits per heavy atom. The minimum absolute atomic E-state index is 0.118. The molecule has 0 saturated heterocycles. The van der Waals surface area contributed by atoms with Crippen LogP contribution < -0.4 is 58.7 Å². The molecule has 16 rings (SSSR count). The van der Waals surface area contributed by atoms with Crippen LogP contribution >= 0.6 is 14.7 Å². The summed E-state index contributed by atoms with van der Waals surface area (Å²) in [6, 6.07) is 91.9. The van der Waals surface area contributed by atoms with Gasteiger partial charge in [-0.1, -0.05) is 214 Å². The van der Waals surface area contributed by atoms with Gasteiger partial charge in [0.1, 0.15) is 89.7 Å². The number of benzene rings is 14. The molecule has 14 aromatic rings. The molecule has 0 saturated carbocycles. The fourth-order valence-corrected chi connectivity index (χ4v) is 20.4. The zero-order chi connectivity index (χ0) is 78.5. The number of fused-ring (bicyclic) bond motifs is 6. The van der Waals surface area contributed by atoms with Gasteiger partial charge in [0, 0.05) is 16.5 Å². The average molecular weight is 1530 g/mol. The van der Waals surface area contributed by atoms with Crippen LogP contribution in [0.15, 0.2) is 279 Å². The molecule has 0 aliphatic carbocycles. The molecule has 0 radical (unpaired) electrons. The van der Waals surface area contributed by atoms with Gasteiger partial charge in [0.15, 0.2) is 0 Å². The molecule has 0 bridgehead atoms. The molecular formula is C100H88O11P2. The zero-order valence-electron chi connectivity index (χ0n) is 65.3. The smallest absolute Gasteiger partial charge is 0.311 e. The number of hydrogen-bond acceptors (Lipinski definition) is 11. The van der Waals surface area contributed by atoms with Crippen LogP contribution in [0.5, 0.6) is 63.2 Å². The third-order valence-corrected chi connectivity index (χ3v) is 26.6. The fourth-order valence-electron chi connectivity index (χ4n) is 15.5. The summed E-state index contributed by atoms with van der Waals surface area (Å²) in [5.74, 6) is 6.86. The van der Waals surface area contributed by atoms with Crippen molar-refractivity contribution in [3.05, 3.63) is 363 Å². The maximum atomic E-state index is 15.1. The van der Waals surface area contributed by atoms with Crippen molar-refractivity contribution in [3.63, 3.8) is 0 Å². The van der Waals surface area contributed by atoms with Crippen molar-refractivity contribution in [1.29, 1.82) is 0 Å². The lowest BCUT2D eigenvalue weighted by Gasteiger charge is -2.30. The number of ether oxygens (including phenoxy) is 6. The normalized spacial score (nSPS) is 14.6. The summed E-state index contributed by atoms with van der Waals surface area (Å²) in [4.78, 5) is 0. The van der Waals surface area contributed by atoms with Gasteiger partial charge in [0.25, 0.3) is 0 Å². The first kappa shape index (κ1) is 74.8. The third-order valence-electron chi connectivity index (χ3n) is 21.7. The highest BCUT2D eigenvalue weighted by molar-refractivity contribution is 7.75. The molecule has 2 atom stereocenters. The Morgan fingerprint density at radius 1 is 0.310 bits per heavy atom. The van der Waals surface area contributed by atoms with E-state index in [9.17, 15) is 9.67 Å². The quantitative estimate of drug-likeness (QED) is 0.0651. The number of phenols is 1. The van der Waals surface area contributed by atoms with Crippen LogP contribution in [-0.2, 0) is 41.0 Å². The average Bonchev–Trinajstić information content (AvgIpc) is 0.732. The van der Waals surface area contributed by atoms with E-state index in [-0.39, 0.29) is 23.1 Å². The molecular weight excluding hydrogens is 1440 g/mol. The molecule has 0 aromatic heterocycles. The second-order valence-corrected chi connectivity index (χ2v) is 34.9. The lowest BCUT2D eigenvalue weighted by molar-refractivity contribution is 0.301. The second kappa shape index (κ2) is 30.8. The van der Waals surface area contributed by atoms with Crippen LogP contribution in [0.3, 0.4) is 0 Å². The maximum Gasteiger partial charge on any atom is 0.311 e. The standard InChI is InChI=1S/C100H88O11P2/c1-62-28-47-91(95(48-62)113(103)93-27-19-15-23-87(93)85-21-13-17-25-90(85)111-113)105-59-72-31-39-76(40-32-72)78-43-35-74(36-44-78)61-107-97-69(8)55-83(56-70(97)9)109-99-65(4)51-80(52-66(99)5)100(10,11)79-49-63(2)98(64(3)50-79)108-82-53-67(6)96(68(7)54-82)106-60-73-33-41-77(42-34-73)75-37-29-71(30-38-75)58-104-81-45-46-88(101)94(57-81)112(102)92-26-18-14-22-86(92)84-20-12-16-24-89(84)110-112/h12-57,101H,58-61H2,1-11H3. The van der Waals surface area contributed by atoms with Gasteiger partial charge < -0.3 is 42.6 Å². The number of rotatable bonds is 22. The highest BCUT2D eigenvalue weighted by Crippen LogP contribution is 2.57. The van der Waals surface area contributed by atoms with E-state index in [1.54, 1.807) is 24.3 Å². The number of para-hydroxylation sites is 2. The summed E-state index contributed by atoms with van der Waals surface area (Å²) < 4.78 is 81.9. The summed E-state index contributed by atoms with van der Waals surface area (Å²) in [5.41, 5.74) is 23.1. The van der Waals surface area contributed by atoms with E-state index >= 15 is 4.57 Å². The second-order valence-electron chi connectivity index (χ2n) is 30.4. The zero-order valence-corrected chi connectivity index (χ0v) is 67.1. The number of aromatic hydroxyl groups is 1. The largest absolute Gasteiger partial charge is 0.507 e. The maximum absolute atomic E-state index is 15.1. The lowest BCUT2D eigenvalue weighted by Crippen LogP contribution is -2.26. The van der Waals surface area contributed by atoms with E-state index in [4.69, 9.17) is 37.5 Å². The van der Waals surface area contributed by atoms with Crippen molar-refractivity contribution in [1.82, 2.24) is 0 Å². The van der Waals surface area contributed by atoms with Crippen LogP contribution in [0.25, 0.3) is 44.5 Å². The van der Waals surface area contributed by atoms with E-state index in [2.05, 4.69) is 203 Å². The van der Waals surface area contributed by atoms with E-state index in [1.807, 2.05) is 122 Å². The van der Waals surface area contributed by atoms with Crippen LogP contribution in [0.1, 0.15) is 97.3 Å². The monoisotopic (exact) mass is 1530 g/mol. The number of hydrogen-bond donors (Lipinski definition) is 1. The minimum atomic E-state index is -3.72. The summed E-state index contributed by atoms with van der Waals surface area (Å²) >= 11 is 0. The molecule has 11 nitrogen and oxygen atoms in total. The molecule has 113 heavy (non-hydrogen) atoms. The summed E-state index contributed by atoms with van der Waals surface area (Å²) in [6.07, 6.45) is 0. The van der Waals surface area contributed by atoms with E-state index in [0.29, 0.717) is 58.7 Å². The Balaban J connectivity index is 0.504. The molecule has 2 aliphatic rings. The van der Waals surface area contributed by atoms with Crippen LogP contribution in [0.4, 0.5) is 0 Å². The van der Waals surface area contributed by atoms with Gasteiger partial charge in [-0.15, -0.1) is 0 Å². The van der Waals surface area contributed by atoms with Crippen molar-refractivity contribution >= 4 is 36.0 Å². The first-order valence-electron chi connectivity index (χ1n) is 38.1. The van der Waals surface area contributed by atoms with E-state index < -0.39 is 14.7 Å². The highest BCUT2D eigenvalue weighted by atomic mass is 31.2. The van der Waals surface area contributed by atoms with Crippen molar-refractivity contribution in [2.24, 2.45) is 0 Å². The van der Waals surface area contributed by atoms with Gasteiger partial charge in [0.05, 0.1) is 21.2 Å². The Hall–Kier alpha value is -12.3. The summed E-state index contributed by atoms with van der Waals surface area (Å²) in [6.45, 7) is 24.7. The van der Waals surface area contributed by atoms with Crippen molar-refractivity contribution in [2.45, 2.75) is 108 Å². The minimum Gasteiger partial charge on any atom is -0.507 e. The topological polar surface area (TPSA) is 128 Å². The Morgan fingerprint density at radius 3 is 1.06 bits per heavy atom. The van der Waals surface area contributed by atoms with Crippen molar-refractivity contribution in [3.8, 4) is 108 Å². The first-order valence-corrected chi connectivity index (χ1v) is 41.4. The van der Waals surface area contributed by atoms with Crippen LogP contribution in [0.2, 0.25) is 0 Å². The number of phenolic OH excluding ortho intramolecular Hbond substituents is 1. The van der Waals surface area contributed by atoms with Crippen LogP contribution in [0, 0.1) is 62.3 Å². The molecule has 0 spiro atoms. The Labute approximate surface area is 661 Å². The summed E-state index contributed by atoms with van der Waals surface area (Å²) in [7, 11) is -7.28. The van der Waals surface area contributed by atoms with Gasteiger partial charge in [-0.2, -0.15) is 0 Å². The lowest BCUT2D eigenvalue weighted by atomic mass is 9.76. The first-order chi connectivity index (χ1) is 54.5.